The molecule has 3 nitrogen and oxygen atoms in total. The predicted octanol–water partition coefficient (Wildman–Crippen LogP) is 2.42. The van der Waals surface area contributed by atoms with Crippen LogP contribution in [0, 0.1) is 5.92 Å². The highest BCUT2D eigenvalue weighted by molar-refractivity contribution is 7.99. The van der Waals surface area contributed by atoms with Crippen LogP contribution in [0.4, 0.5) is 0 Å². The third kappa shape index (κ3) is 5.27. The minimum absolute atomic E-state index is 0.415. The van der Waals surface area contributed by atoms with E-state index >= 15 is 0 Å². The van der Waals surface area contributed by atoms with Crippen LogP contribution in [0.15, 0.2) is 0 Å². The summed E-state index contributed by atoms with van der Waals surface area (Å²) in [5.41, 5.74) is 0. The highest BCUT2D eigenvalue weighted by Gasteiger charge is 2.26. The maximum absolute atomic E-state index is 11.5. The van der Waals surface area contributed by atoms with Gasteiger partial charge in [0.25, 0.3) is 0 Å². The lowest BCUT2D eigenvalue weighted by Crippen LogP contribution is -2.37. The van der Waals surface area contributed by atoms with Gasteiger partial charge in [-0.3, -0.25) is 0 Å². The Morgan fingerprint density at radius 1 is 1.16 bits per heavy atom. The summed E-state index contributed by atoms with van der Waals surface area (Å²) in [6, 6.07) is 0. The van der Waals surface area contributed by atoms with Gasteiger partial charge in [-0.1, -0.05) is 13.3 Å². The van der Waals surface area contributed by atoms with Crippen molar-refractivity contribution in [1.29, 1.82) is 0 Å². The van der Waals surface area contributed by atoms with Crippen molar-refractivity contribution in [3.8, 4) is 0 Å². The Balaban J connectivity index is 1.80. The van der Waals surface area contributed by atoms with Gasteiger partial charge in [-0.2, -0.15) is 11.8 Å². The molecule has 1 atom stereocenters. The van der Waals surface area contributed by atoms with Crippen LogP contribution in [-0.2, 0) is 9.84 Å². The van der Waals surface area contributed by atoms with Crippen molar-refractivity contribution in [2.75, 3.05) is 36.9 Å². The summed E-state index contributed by atoms with van der Waals surface area (Å²) in [6.07, 6.45) is 5.78. The number of hydrogen-bond acceptors (Lipinski definition) is 4. The Morgan fingerprint density at radius 2 is 1.89 bits per heavy atom. The molecule has 0 N–H and O–H groups in total. The second kappa shape index (κ2) is 7.32. The summed E-state index contributed by atoms with van der Waals surface area (Å²) in [5, 5.41) is 0.792. The van der Waals surface area contributed by atoms with E-state index in [9.17, 15) is 8.42 Å². The van der Waals surface area contributed by atoms with Crippen LogP contribution in [0.2, 0.25) is 0 Å². The number of rotatable bonds is 4. The molecule has 2 rings (SSSR count). The van der Waals surface area contributed by atoms with E-state index in [4.69, 9.17) is 0 Å². The zero-order valence-electron chi connectivity index (χ0n) is 12.0. The van der Waals surface area contributed by atoms with Crippen LogP contribution in [0.1, 0.15) is 39.0 Å². The minimum Gasteiger partial charge on any atom is -0.302 e. The second-order valence-electron chi connectivity index (χ2n) is 5.93. The van der Waals surface area contributed by atoms with E-state index in [0.717, 1.165) is 24.6 Å². The van der Waals surface area contributed by atoms with Crippen molar-refractivity contribution in [3.05, 3.63) is 0 Å². The second-order valence-corrected chi connectivity index (χ2v) is 9.81. The summed E-state index contributed by atoms with van der Waals surface area (Å²) >= 11 is 2.09. The average Bonchev–Trinajstić information content (AvgIpc) is 2.58. The monoisotopic (exact) mass is 305 g/mol. The van der Waals surface area contributed by atoms with E-state index in [1.807, 2.05) is 0 Å². The molecule has 0 amide bonds. The SMILES string of the molecule is CCSC1CCCCN(CC2CCS(=O)(=O)CC2)C1. The van der Waals surface area contributed by atoms with Crippen LogP contribution < -0.4 is 0 Å². The van der Waals surface area contributed by atoms with Crippen molar-refractivity contribution < 1.29 is 8.42 Å². The minimum atomic E-state index is -2.71. The lowest BCUT2D eigenvalue weighted by Gasteiger charge is -2.30. The summed E-state index contributed by atoms with van der Waals surface area (Å²) in [4.78, 5) is 2.60. The average molecular weight is 306 g/mol. The van der Waals surface area contributed by atoms with Gasteiger partial charge in [-0.05, 0) is 43.9 Å². The quantitative estimate of drug-likeness (QED) is 0.799. The van der Waals surface area contributed by atoms with Gasteiger partial charge in [0.15, 0.2) is 0 Å². The molecule has 19 heavy (non-hydrogen) atoms. The van der Waals surface area contributed by atoms with Crippen LogP contribution in [0.25, 0.3) is 0 Å². The molecule has 0 aromatic rings. The molecule has 0 radical (unpaired) electrons. The summed E-state index contributed by atoms with van der Waals surface area (Å²) in [5.74, 6) is 2.64. The molecular formula is C14H27NO2S2. The van der Waals surface area contributed by atoms with Gasteiger partial charge in [0.05, 0.1) is 11.5 Å². The molecule has 2 heterocycles. The van der Waals surface area contributed by atoms with Gasteiger partial charge in [0.2, 0.25) is 0 Å². The van der Waals surface area contributed by atoms with Crippen molar-refractivity contribution in [3.63, 3.8) is 0 Å². The van der Waals surface area contributed by atoms with Crippen molar-refractivity contribution in [2.24, 2.45) is 5.92 Å². The highest BCUT2D eigenvalue weighted by Crippen LogP contribution is 2.25. The van der Waals surface area contributed by atoms with Crippen LogP contribution >= 0.6 is 11.8 Å². The smallest absolute Gasteiger partial charge is 0.150 e. The van der Waals surface area contributed by atoms with E-state index < -0.39 is 9.84 Å². The lowest BCUT2D eigenvalue weighted by atomic mass is 10.0. The van der Waals surface area contributed by atoms with E-state index in [2.05, 4.69) is 23.6 Å². The van der Waals surface area contributed by atoms with Gasteiger partial charge in [-0.15, -0.1) is 0 Å². The first-order valence-electron chi connectivity index (χ1n) is 7.63. The predicted molar refractivity (Wildman–Crippen MR) is 83.6 cm³/mol. The number of likely N-dealkylation sites (tertiary alicyclic amines) is 1. The molecule has 0 bridgehead atoms. The molecule has 2 aliphatic rings. The molecule has 0 aromatic carbocycles. The normalized spacial score (nSPS) is 30.1. The zero-order valence-corrected chi connectivity index (χ0v) is 13.6. The Labute approximate surface area is 122 Å². The molecule has 0 spiro atoms. The van der Waals surface area contributed by atoms with Crippen molar-refractivity contribution in [2.45, 2.75) is 44.3 Å². The van der Waals surface area contributed by atoms with Gasteiger partial charge in [0, 0.05) is 18.3 Å². The Morgan fingerprint density at radius 3 is 2.58 bits per heavy atom. The Kier molecular flexibility index (Phi) is 6.03. The number of sulfone groups is 1. The summed E-state index contributed by atoms with van der Waals surface area (Å²) in [7, 11) is -2.71. The van der Waals surface area contributed by atoms with E-state index in [-0.39, 0.29) is 0 Å². The molecule has 5 heteroatoms. The van der Waals surface area contributed by atoms with Crippen LogP contribution in [-0.4, -0.2) is 55.5 Å². The number of nitrogens with zero attached hydrogens (tertiary/aromatic N) is 1. The molecular weight excluding hydrogens is 278 g/mol. The molecule has 0 aromatic heterocycles. The molecule has 112 valence electrons. The van der Waals surface area contributed by atoms with Gasteiger partial charge in [-0.25, -0.2) is 8.42 Å². The molecule has 2 fully saturated rings. The first-order valence-corrected chi connectivity index (χ1v) is 10.5. The van der Waals surface area contributed by atoms with Gasteiger partial charge in [0.1, 0.15) is 9.84 Å². The number of hydrogen-bond donors (Lipinski definition) is 0. The maximum atomic E-state index is 11.5. The fraction of sp³-hybridized carbons (Fsp3) is 1.00. The summed E-state index contributed by atoms with van der Waals surface area (Å²) < 4.78 is 22.9. The highest BCUT2D eigenvalue weighted by atomic mass is 32.2. The fourth-order valence-electron chi connectivity index (χ4n) is 3.20. The van der Waals surface area contributed by atoms with Gasteiger partial charge >= 0.3 is 0 Å². The maximum Gasteiger partial charge on any atom is 0.150 e. The fourth-order valence-corrected chi connectivity index (χ4v) is 5.91. The lowest BCUT2D eigenvalue weighted by molar-refractivity contribution is 0.231. The molecule has 0 saturated carbocycles. The molecule has 0 aliphatic carbocycles. The Hall–Kier alpha value is 0.260. The molecule has 2 aliphatic heterocycles. The first kappa shape index (κ1) is 15.6. The molecule has 2 saturated heterocycles. The Bertz CT molecular complexity index is 356. The van der Waals surface area contributed by atoms with Crippen molar-refractivity contribution >= 4 is 21.6 Å². The van der Waals surface area contributed by atoms with Crippen molar-refractivity contribution in [1.82, 2.24) is 4.90 Å². The van der Waals surface area contributed by atoms with Crippen LogP contribution in [0.5, 0.6) is 0 Å². The van der Waals surface area contributed by atoms with E-state index in [1.165, 1.54) is 38.1 Å². The zero-order chi connectivity index (χ0) is 13.7. The summed E-state index contributed by atoms with van der Waals surface area (Å²) in [6.45, 7) is 5.79. The molecule has 1 unspecified atom stereocenters. The van der Waals surface area contributed by atoms with E-state index in [1.54, 1.807) is 0 Å². The standard InChI is InChI=1S/C14H27NO2S2/c1-2-18-14-5-3-4-8-15(12-14)11-13-6-9-19(16,17)10-7-13/h13-14H,2-12H2,1H3. The van der Waals surface area contributed by atoms with Crippen LogP contribution in [0.3, 0.4) is 0 Å². The third-order valence-electron chi connectivity index (χ3n) is 4.31. The largest absolute Gasteiger partial charge is 0.302 e. The number of thioether (sulfide) groups is 1. The first-order chi connectivity index (χ1) is 9.09. The van der Waals surface area contributed by atoms with Gasteiger partial charge < -0.3 is 4.90 Å². The van der Waals surface area contributed by atoms with E-state index in [0.29, 0.717) is 17.4 Å². The third-order valence-corrected chi connectivity index (χ3v) is 7.21. The topological polar surface area (TPSA) is 37.4 Å².